The van der Waals surface area contributed by atoms with Gasteiger partial charge in [-0.25, -0.2) is 19.9 Å². The minimum atomic E-state index is -1.43. The second kappa shape index (κ2) is 28.4. The molecule has 0 amide bonds. The third-order valence-corrected chi connectivity index (χ3v) is 13.1. The van der Waals surface area contributed by atoms with Crippen LogP contribution in [-0.2, 0) is 0 Å². The molecular weight excluding hydrogens is 1090 g/mol. The van der Waals surface area contributed by atoms with Gasteiger partial charge in [-0.3, -0.25) is 4.70 Å². The molecule has 0 saturated heterocycles. The highest BCUT2D eigenvalue weighted by atomic mass is 79.9. The van der Waals surface area contributed by atoms with Crippen LogP contribution >= 0.6 is 62.3 Å². The number of pyridine rings is 4. The van der Waals surface area contributed by atoms with Crippen LogP contribution in [0.4, 0.5) is 22.2 Å². The summed E-state index contributed by atoms with van der Waals surface area (Å²) >= 11 is 26.7. The third-order valence-electron chi connectivity index (χ3n) is 9.88. The number of terminal acetylenes is 2. The van der Waals surface area contributed by atoms with Crippen molar-refractivity contribution in [3.05, 3.63) is 194 Å². The Hall–Kier alpha value is -6.90. The van der Waals surface area contributed by atoms with Crippen molar-refractivity contribution in [2.24, 2.45) is 0 Å². The molecule has 8 nitrogen and oxygen atoms in total. The summed E-state index contributed by atoms with van der Waals surface area (Å²) in [4.78, 5) is 19.8. The summed E-state index contributed by atoms with van der Waals surface area (Å²) in [5.74, 6) is 7.02. The van der Waals surface area contributed by atoms with Crippen LogP contribution < -0.4 is 17.2 Å². The quantitative estimate of drug-likeness (QED) is 0.101. The molecule has 5 heterocycles. The van der Waals surface area contributed by atoms with Crippen LogP contribution in [0.1, 0.15) is 11.1 Å². The van der Waals surface area contributed by atoms with Crippen molar-refractivity contribution in [1.29, 1.82) is 0 Å². The van der Waals surface area contributed by atoms with Crippen molar-refractivity contribution in [3.8, 4) is 80.3 Å². The zero-order valence-electron chi connectivity index (χ0n) is 40.6. The van der Waals surface area contributed by atoms with E-state index in [9.17, 15) is 0 Å². The van der Waals surface area contributed by atoms with Gasteiger partial charge < -0.3 is 22.2 Å². The number of anilines is 3. The Morgan fingerprint density at radius 2 is 0.877 bits per heavy atom. The third kappa shape index (κ3) is 18.9. The maximum absolute atomic E-state index is 5.90. The molecule has 16 heteroatoms. The van der Waals surface area contributed by atoms with Gasteiger partial charge in [0.25, 0.3) is 0 Å². The molecule has 0 bridgehead atoms. The Morgan fingerprint density at radius 3 is 1.26 bits per heavy atom. The number of hydrogen-bond donors (Lipinski definition) is 4. The SMILES string of the molecule is C#C[SiH](C)C.C#Cc1cc(-c2ccc(Cl)cc2)cnc1N.C[Si](C)(C)C#Cc1cc(-c2ccc(Cl)cc2)cnc1N.Clc1ccc(-c2cnc3[nH]ccc3c2)cc1.F.Nc1ncc(-c2ccc(Cl)cc2)cc1Br. The van der Waals surface area contributed by atoms with E-state index in [1.54, 1.807) is 18.6 Å². The molecule has 73 heavy (non-hydrogen) atoms. The first-order chi connectivity index (χ1) is 34.3. The highest BCUT2D eigenvalue weighted by molar-refractivity contribution is 9.10. The Bertz CT molecular complexity index is 3380. The number of H-pyrrole nitrogens is 1. The number of aromatic amines is 1. The van der Waals surface area contributed by atoms with Crippen LogP contribution in [0.5, 0.6) is 0 Å². The number of nitrogens with two attached hydrogens (primary N) is 3. The molecule has 0 aliphatic carbocycles. The van der Waals surface area contributed by atoms with E-state index < -0.39 is 16.9 Å². The fourth-order valence-electron chi connectivity index (χ4n) is 6.01. The molecule has 0 unspecified atom stereocenters. The lowest BCUT2D eigenvalue weighted by Crippen LogP contribution is -2.16. The summed E-state index contributed by atoms with van der Waals surface area (Å²) in [5, 5.41) is 4.01. The van der Waals surface area contributed by atoms with Gasteiger partial charge in [-0.15, -0.1) is 23.9 Å². The minimum Gasteiger partial charge on any atom is -0.383 e. The van der Waals surface area contributed by atoms with Crippen molar-refractivity contribution in [2.45, 2.75) is 32.7 Å². The molecule has 370 valence electrons. The molecule has 7 N–H and O–H groups in total. The normalized spacial score (nSPS) is 10.1. The first-order valence-corrected chi connectivity index (χ1v) is 30.9. The van der Waals surface area contributed by atoms with Gasteiger partial charge in [0.05, 0.1) is 15.6 Å². The Kier molecular flexibility index (Phi) is 22.8. The number of hydrogen-bond acceptors (Lipinski definition) is 7. The summed E-state index contributed by atoms with van der Waals surface area (Å²) in [6, 6.07) is 40.4. The monoisotopic (exact) mass is 1140 g/mol. The Labute approximate surface area is 458 Å². The van der Waals surface area contributed by atoms with E-state index in [1.807, 2.05) is 134 Å². The first-order valence-electron chi connectivity index (χ1n) is 22.2. The summed E-state index contributed by atoms with van der Waals surface area (Å²) in [6.07, 6.45) is 19.3. The smallest absolute Gasteiger partial charge is 0.139 e. The van der Waals surface area contributed by atoms with Crippen LogP contribution in [0, 0.1) is 35.8 Å². The maximum atomic E-state index is 5.90. The number of nitrogens with one attached hydrogen (secondary N) is 1. The van der Waals surface area contributed by atoms with Gasteiger partial charge in [-0.1, -0.05) is 140 Å². The predicted octanol–water partition coefficient (Wildman–Crippen LogP) is 15.6. The van der Waals surface area contributed by atoms with E-state index in [0.717, 1.165) is 80.6 Å². The molecule has 0 radical (unpaired) electrons. The first kappa shape index (κ1) is 58.7. The average Bonchev–Trinajstić information content (AvgIpc) is 3.85. The molecule has 0 atom stereocenters. The van der Waals surface area contributed by atoms with Crippen LogP contribution in [-0.4, -0.2) is 41.8 Å². The van der Waals surface area contributed by atoms with E-state index in [1.165, 1.54) is 0 Å². The van der Waals surface area contributed by atoms with Crippen LogP contribution in [0.15, 0.2) is 163 Å². The van der Waals surface area contributed by atoms with Crippen molar-refractivity contribution >= 4 is 108 Å². The molecule has 0 aliphatic heterocycles. The molecule has 0 spiro atoms. The van der Waals surface area contributed by atoms with E-state index >= 15 is 0 Å². The lowest BCUT2D eigenvalue weighted by molar-refractivity contribution is 1.11. The number of halogens is 6. The number of aromatic nitrogens is 5. The van der Waals surface area contributed by atoms with Gasteiger partial charge >= 0.3 is 0 Å². The number of fused-ring (bicyclic) bond motifs is 1. The number of nitrogen functional groups attached to an aromatic ring is 3. The lowest BCUT2D eigenvalue weighted by Gasteiger charge is -2.06. The van der Waals surface area contributed by atoms with Gasteiger partial charge in [0, 0.05) is 78.7 Å². The van der Waals surface area contributed by atoms with E-state index in [4.69, 9.17) is 76.5 Å². The fourth-order valence-corrected chi connectivity index (χ4v) is 7.37. The second-order valence-corrected chi connectivity index (χ2v) is 27.0. The van der Waals surface area contributed by atoms with Crippen molar-refractivity contribution in [3.63, 3.8) is 0 Å². The fraction of sp³-hybridized carbons (Fsp3) is 0.0877. The summed E-state index contributed by atoms with van der Waals surface area (Å²) in [5.41, 5.74) is 33.7. The van der Waals surface area contributed by atoms with Gasteiger partial charge in [0.15, 0.2) is 0 Å². The summed E-state index contributed by atoms with van der Waals surface area (Å²) in [6.45, 7) is 10.9. The predicted molar refractivity (Wildman–Crippen MR) is 320 cm³/mol. The molecule has 0 aliphatic rings. The topological polar surface area (TPSA) is 145 Å². The van der Waals surface area contributed by atoms with Gasteiger partial charge in [-0.2, -0.15) is 0 Å². The van der Waals surface area contributed by atoms with Crippen LogP contribution in [0.3, 0.4) is 0 Å². The molecule has 5 aromatic heterocycles. The van der Waals surface area contributed by atoms with Crippen LogP contribution in [0.25, 0.3) is 55.5 Å². The van der Waals surface area contributed by atoms with Gasteiger partial charge in [-0.05, 0) is 117 Å². The van der Waals surface area contributed by atoms with E-state index in [-0.39, 0.29) is 4.70 Å². The van der Waals surface area contributed by atoms with Gasteiger partial charge in [0.2, 0.25) is 0 Å². The lowest BCUT2D eigenvalue weighted by atomic mass is 10.1. The Balaban J connectivity index is 0.000000204. The van der Waals surface area contributed by atoms with Crippen LogP contribution in [0.2, 0.25) is 52.8 Å². The Morgan fingerprint density at radius 1 is 0.521 bits per heavy atom. The zero-order valence-corrected chi connectivity index (χ0v) is 47.3. The van der Waals surface area contributed by atoms with E-state index in [2.05, 4.69) is 103 Å². The second-order valence-electron chi connectivity index (χ2n) is 17.0. The largest absolute Gasteiger partial charge is 0.383 e. The number of benzene rings is 4. The summed E-state index contributed by atoms with van der Waals surface area (Å²) < 4.78 is 0.801. The average molecular weight is 1150 g/mol. The number of nitrogens with zero attached hydrogens (tertiary/aromatic N) is 4. The molecule has 0 saturated carbocycles. The van der Waals surface area contributed by atoms with E-state index in [0.29, 0.717) is 28.0 Å². The van der Waals surface area contributed by atoms with Crippen molar-refractivity contribution in [2.75, 3.05) is 17.2 Å². The highest BCUT2D eigenvalue weighted by Gasteiger charge is 2.10. The zero-order chi connectivity index (χ0) is 52.4. The molecule has 4 aromatic carbocycles. The minimum absolute atomic E-state index is 0. The summed E-state index contributed by atoms with van der Waals surface area (Å²) in [7, 11) is -2.05. The standard InChI is InChI=1S/C16H17ClN2Si.2C13H9ClN2.C11H8BrClN2.C4H8Si.FH/c1-20(2,3)9-8-13-10-14(11-19-16(13)18)12-4-6-15(17)7-5-12;14-12-3-1-9(2-4-12)11-7-10-5-6-15-13(10)16-8-11;1-2-9-7-11(8-16-13(9)15)10-3-5-12(14)6-4-10;12-10-5-8(6-15-11(10)14)7-1-3-9(13)4-2-7;1-4-5(2)3;/h4-7,10-11H,1-3H3,(H2,18,19);1-8H,(H,15,16);1,3-8H,(H2,15,16);1-6H,(H2,14,15);1,5H,2-3H3;1H. The number of rotatable bonds is 4. The highest BCUT2D eigenvalue weighted by Crippen LogP contribution is 2.28. The maximum Gasteiger partial charge on any atom is 0.139 e. The van der Waals surface area contributed by atoms with Crippen molar-refractivity contribution in [1.82, 2.24) is 24.9 Å². The van der Waals surface area contributed by atoms with Gasteiger partial charge in [0.1, 0.15) is 40.0 Å². The molecular formula is C57H52BrCl4FN8Si2. The molecule has 0 fully saturated rings. The molecule has 9 aromatic rings. The molecule has 9 rings (SSSR count). The van der Waals surface area contributed by atoms with Crippen molar-refractivity contribution < 1.29 is 4.70 Å².